The molecule has 2 aromatic rings. The number of carbonyl (C=O) groups is 1. The lowest BCUT2D eigenvalue weighted by Gasteiger charge is -2.02. The SMILES string of the molecule is O=C(O)c1cc(-c2ccc(F)c(Cl)c2)nc(=O)[nH]1. The Morgan fingerprint density at radius 1 is 1.39 bits per heavy atom. The van der Waals surface area contributed by atoms with Crippen molar-refractivity contribution in [2.75, 3.05) is 0 Å². The van der Waals surface area contributed by atoms with Gasteiger partial charge in [-0.05, 0) is 24.3 Å². The van der Waals surface area contributed by atoms with E-state index in [1.807, 2.05) is 0 Å². The molecule has 7 heteroatoms. The normalized spacial score (nSPS) is 10.3. The van der Waals surface area contributed by atoms with E-state index in [-0.39, 0.29) is 16.4 Å². The van der Waals surface area contributed by atoms with Gasteiger partial charge in [-0.3, -0.25) is 4.98 Å². The molecule has 18 heavy (non-hydrogen) atoms. The number of carboxylic acid groups (broad SMARTS) is 1. The van der Waals surface area contributed by atoms with E-state index in [1.54, 1.807) is 0 Å². The molecule has 0 fully saturated rings. The smallest absolute Gasteiger partial charge is 0.352 e. The van der Waals surface area contributed by atoms with Gasteiger partial charge in [0.15, 0.2) is 0 Å². The minimum absolute atomic E-state index is 0.109. The Morgan fingerprint density at radius 2 is 2.11 bits per heavy atom. The van der Waals surface area contributed by atoms with E-state index < -0.39 is 17.5 Å². The fraction of sp³-hybridized carbons (Fsp3) is 0. The Kier molecular flexibility index (Phi) is 3.12. The summed E-state index contributed by atoms with van der Waals surface area (Å²) in [5, 5.41) is 8.66. The number of hydrogen-bond acceptors (Lipinski definition) is 3. The Bertz CT molecular complexity index is 684. The van der Waals surface area contributed by atoms with Crippen LogP contribution in [0.3, 0.4) is 0 Å². The Hall–Kier alpha value is -2.21. The van der Waals surface area contributed by atoms with E-state index in [1.165, 1.54) is 18.2 Å². The van der Waals surface area contributed by atoms with E-state index in [9.17, 15) is 14.0 Å². The van der Waals surface area contributed by atoms with Crippen LogP contribution in [0, 0.1) is 5.82 Å². The minimum atomic E-state index is -1.29. The summed E-state index contributed by atoms with van der Waals surface area (Å²) in [5.74, 6) is -1.90. The molecular formula is C11H6ClFN2O3. The lowest BCUT2D eigenvalue weighted by atomic mass is 10.1. The summed E-state index contributed by atoms with van der Waals surface area (Å²) in [4.78, 5) is 27.6. The molecule has 1 heterocycles. The highest BCUT2D eigenvalue weighted by molar-refractivity contribution is 6.31. The number of halogens is 2. The van der Waals surface area contributed by atoms with E-state index in [4.69, 9.17) is 16.7 Å². The maximum atomic E-state index is 13.0. The van der Waals surface area contributed by atoms with Crippen molar-refractivity contribution in [3.05, 3.63) is 51.3 Å². The van der Waals surface area contributed by atoms with Crippen molar-refractivity contribution >= 4 is 17.6 Å². The molecule has 0 saturated carbocycles. The number of aromatic carboxylic acids is 1. The minimum Gasteiger partial charge on any atom is -0.477 e. The molecule has 0 unspecified atom stereocenters. The first-order valence-corrected chi connectivity index (χ1v) is 5.15. The third-order valence-corrected chi connectivity index (χ3v) is 2.48. The monoisotopic (exact) mass is 268 g/mol. The molecule has 0 atom stereocenters. The molecular weight excluding hydrogens is 263 g/mol. The number of nitrogens with zero attached hydrogens (tertiary/aromatic N) is 1. The second-order valence-electron chi connectivity index (χ2n) is 3.42. The van der Waals surface area contributed by atoms with Crippen LogP contribution >= 0.6 is 11.6 Å². The highest BCUT2D eigenvalue weighted by Crippen LogP contribution is 2.23. The van der Waals surface area contributed by atoms with E-state index in [0.29, 0.717) is 5.56 Å². The summed E-state index contributed by atoms with van der Waals surface area (Å²) in [5.41, 5.74) is -0.635. The average Bonchev–Trinajstić information content (AvgIpc) is 2.31. The summed E-state index contributed by atoms with van der Waals surface area (Å²) in [6.07, 6.45) is 0. The van der Waals surface area contributed by atoms with Gasteiger partial charge in [-0.1, -0.05) is 11.6 Å². The quantitative estimate of drug-likeness (QED) is 0.872. The molecule has 0 aliphatic heterocycles. The third kappa shape index (κ3) is 2.38. The molecule has 0 aliphatic rings. The van der Waals surface area contributed by atoms with Crippen molar-refractivity contribution < 1.29 is 14.3 Å². The molecule has 0 saturated heterocycles. The fourth-order valence-electron chi connectivity index (χ4n) is 1.38. The zero-order chi connectivity index (χ0) is 13.3. The zero-order valence-corrected chi connectivity index (χ0v) is 9.53. The summed E-state index contributed by atoms with van der Waals surface area (Å²) in [6, 6.07) is 4.91. The average molecular weight is 269 g/mol. The van der Waals surface area contributed by atoms with Crippen LogP contribution in [-0.2, 0) is 0 Å². The van der Waals surface area contributed by atoms with E-state index in [2.05, 4.69) is 9.97 Å². The van der Waals surface area contributed by atoms with Crippen molar-refractivity contribution in [2.45, 2.75) is 0 Å². The Labute approximate surface area is 105 Å². The molecule has 5 nitrogen and oxygen atoms in total. The lowest BCUT2D eigenvalue weighted by molar-refractivity contribution is 0.0690. The first-order valence-electron chi connectivity index (χ1n) is 4.77. The zero-order valence-electron chi connectivity index (χ0n) is 8.78. The standard InChI is InChI=1S/C11H6ClFN2O3/c12-6-3-5(1-2-7(6)13)8-4-9(10(16)17)15-11(18)14-8/h1-4H,(H,16,17)(H,14,15,18). The van der Waals surface area contributed by atoms with Crippen molar-refractivity contribution in [1.29, 1.82) is 0 Å². The van der Waals surface area contributed by atoms with Gasteiger partial charge in [0, 0.05) is 5.56 Å². The molecule has 0 spiro atoms. The van der Waals surface area contributed by atoms with Crippen molar-refractivity contribution in [3.8, 4) is 11.3 Å². The number of benzene rings is 1. The topological polar surface area (TPSA) is 83.0 Å². The summed E-state index contributed by atoms with van der Waals surface area (Å²) in [7, 11) is 0. The van der Waals surface area contributed by atoms with Gasteiger partial charge in [0.2, 0.25) is 0 Å². The van der Waals surface area contributed by atoms with Crippen molar-refractivity contribution in [3.63, 3.8) is 0 Å². The molecule has 1 aromatic heterocycles. The largest absolute Gasteiger partial charge is 0.477 e. The van der Waals surface area contributed by atoms with Crippen LogP contribution in [0.25, 0.3) is 11.3 Å². The van der Waals surface area contributed by atoms with Gasteiger partial charge >= 0.3 is 11.7 Å². The van der Waals surface area contributed by atoms with Crippen LogP contribution in [0.4, 0.5) is 4.39 Å². The van der Waals surface area contributed by atoms with Gasteiger partial charge in [-0.2, -0.15) is 4.98 Å². The van der Waals surface area contributed by atoms with Crippen LogP contribution in [0.1, 0.15) is 10.5 Å². The number of rotatable bonds is 2. The van der Waals surface area contributed by atoms with Crippen LogP contribution in [0.15, 0.2) is 29.1 Å². The molecule has 0 aliphatic carbocycles. The molecule has 2 rings (SSSR count). The summed E-state index contributed by atoms with van der Waals surface area (Å²) in [6.45, 7) is 0. The molecule has 2 N–H and O–H groups in total. The molecule has 0 radical (unpaired) electrons. The van der Waals surface area contributed by atoms with Crippen molar-refractivity contribution in [1.82, 2.24) is 9.97 Å². The van der Waals surface area contributed by atoms with Crippen LogP contribution < -0.4 is 5.69 Å². The van der Waals surface area contributed by atoms with Gasteiger partial charge in [0.05, 0.1) is 10.7 Å². The summed E-state index contributed by atoms with van der Waals surface area (Å²) >= 11 is 5.60. The second-order valence-corrected chi connectivity index (χ2v) is 3.83. The van der Waals surface area contributed by atoms with Gasteiger partial charge in [0.1, 0.15) is 11.5 Å². The number of hydrogen-bond donors (Lipinski definition) is 2. The number of nitrogens with one attached hydrogen (secondary N) is 1. The number of aromatic nitrogens is 2. The highest BCUT2D eigenvalue weighted by atomic mass is 35.5. The number of H-pyrrole nitrogens is 1. The van der Waals surface area contributed by atoms with Crippen LogP contribution in [0.5, 0.6) is 0 Å². The number of aromatic amines is 1. The van der Waals surface area contributed by atoms with Gasteiger partial charge in [-0.25, -0.2) is 14.0 Å². The lowest BCUT2D eigenvalue weighted by Crippen LogP contribution is -2.16. The van der Waals surface area contributed by atoms with Gasteiger partial charge in [-0.15, -0.1) is 0 Å². The predicted molar refractivity (Wildman–Crippen MR) is 62.2 cm³/mol. The second kappa shape index (κ2) is 4.58. The highest BCUT2D eigenvalue weighted by Gasteiger charge is 2.10. The van der Waals surface area contributed by atoms with E-state index in [0.717, 1.165) is 6.07 Å². The van der Waals surface area contributed by atoms with Crippen LogP contribution in [-0.4, -0.2) is 21.0 Å². The molecule has 1 aromatic carbocycles. The number of carboxylic acids is 1. The van der Waals surface area contributed by atoms with Gasteiger partial charge < -0.3 is 5.11 Å². The first kappa shape index (κ1) is 12.3. The maximum Gasteiger partial charge on any atom is 0.352 e. The van der Waals surface area contributed by atoms with E-state index >= 15 is 0 Å². The Balaban J connectivity index is 2.60. The third-order valence-electron chi connectivity index (χ3n) is 2.19. The maximum absolute atomic E-state index is 13.0. The fourth-order valence-corrected chi connectivity index (χ4v) is 1.56. The molecule has 0 bridgehead atoms. The van der Waals surface area contributed by atoms with Crippen molar-refractivity contribution in [2.24, 2.45) is 0 Å². The van der Waals surface area contributed by atoms with Crippen LogP contribution in [0.2, 0.25) is 5.02 Å². The Morgan fingerprint density at radius 3 is 2.72 bits per heavy atom. The summed E-state index contributed by atoms with van der Waals surface area (Å²) < 4.78 is 13.0. The predicted octanol–water partition coefficient (Wildman–Crippen LogP) is 1.93. The molecule has 92 valence electrons. The molecule has 0 amide bonds. The first-order chi connectivity index (χ1) is 8.47. The van der Waals surface area contributed by atoms with Gasteiger partial charge in [0.25, 0.3) is 0 Å².